The SMILES string of the molecule is N#Cc1cc(Br)ccc1Nc1nc2ccc(Cl)cc2s1. The number of halogens is 2. The topological polar surface area (TPSA) is 48.7 Å². The Labute approximate surface area is 133 Å². The summed E-state index contributed by atoms with van der Waals surface area (Å²) in [6, 6.07) is 13.2. The van der Waals surface area contributed by atoms with Gasteiger partial charge in [0.25, 0.3) is 0 Å². The predicted octanol–water partition coefficient (Wildman–Crippen LogP) is 5.33. The summed E-state index contributed by atoms with van der Waals surface area (Å²) in [6.45, 7) is 0. The average Bonchev–Trinajstić information content (AvgIpc) is 2.82. The Morgan fingerprint density at radius 1 is 1.25 bits per heavy atom. The van der Waals surface area contributed by atoms with Gasteiger partial charge in [-0.05, 0) is 36.4 Å². The van der Waals surface area contributed by atoms with Crippen molar-refractivity contribution in [2.45, 2.75) is 0 Å². The second kappa shape index (κ2) is 5.41. The second-order valence-electron chi connectivity index (χ2n) is 4.06. The lowest BCUT2D eigenvalue weighted by Gasteiger charge is -2.04. The molecule has 0 aliphatic heterocycles. The zero-order valence-electron chi connectivity index (χ0n) is 10.0. The first-order chi connectivity index (χ1) is 9.65. The number of aromatic nitrogens is 1. The summed E-state index contributed by atoms with van der Waals surface area (Å²) in [5.41, 5.74) is 2.19. The van der Waals surface area contributed by atoms with Gasteiger partial charge in [0.05, 0.1) is 21.5 Å². The Morgan fingerprint density at radius 3 is 2.90 bits per heavy atom. The van der Waals surface area contributed by atoms with Gasteiger partial charge < -0.3 is 5.32 Å². The van der Waals surface area contributed by atoms with E-state index in [1.165, 1.54) is 11.3 Å². The number of hydrogen-bond donors (Lipinski definition) is 1. The van der Waals surface area contributed by atoms with Crippen LogP contribution in [0, 0.1) is 11.3 Å². The van der Waals surface area contributed by atoms with Crippen molar-refractivity contribution in [3.63, 3.8) is 0 Å². The van der Waals surface area contributed by atoms with Gasteiger partial charge in [-0.2, -0.15) is 5.26 Å². The van der Waals surface area contributed by atoms with E-state index in [2.05, 4.69) is 32.3 Å². The summed E-state index contributed by atoms with van der Waals surface area (Å²) in [4.78, 5) is 4.47. The maximum Gasteiger partial charge on any atom is 0.188 e. The number of fused-ring (bicyclic) bond motifs is 1. The van der Waals surface area contributed by atoms with Crippen molar-refractivity contribution in [1.29, 1.82) is 5.26 Å². The molecular formula is C14H7BrClN3S. The van der Waals surface area contributed by atoms with Gasteiger partial charge in [0.1, 0.15) is 6.07 Å². The summed E-state index contributed by atoms with van der Waals surface area (Å²) in [6.07, 6.45) is 0. The Bertz CT molecular complexity index is 838. The molecule has 6 heteroatoms. The first kappa shape index (κ1) is 13.4. The van der Waals surface area contributed by atoms with Gasteiger partial charge in [0.15, 0.2) is 5.13 Å². The minimum Gasteiger partial charge on any atom is -0.330 e. The third kappa shape index (κ3) is 2.63. The molecule has 1 heterocycles. The molecule has 0 atom stereocenters. The van der Waals surface area contributed by atoms with Crippen LogP contribution in [0.1, 0.15) is 5.56 Å². The second-order valence-corrected chi connectivity index (χ2v) is 6.44. The molecule has 0 saturated heterocycles. The lowest BCUT2D eigenvalue weighted by Crippen LogP contribution is -1.92. The maximum atomic E-state index is 9.15. The molecule has 3 nitrogen and oxygen atoms in total. The standard InChI is InChI=1S/C14H7BrClN3S/c15-9-1-3-11(8(5-9)7-17)18-14-19-12-4-2-10(16)6-13(12)20-14/h1-6H,(H,18,19). The molecule has 20 heavy (non-hydrogen) atoms. The van der Waals surface area contributed by atoms with Crippen molar-refractivity contribution in [3.05, 3.63) is 51.5 Å². The van der Waals surface area contributed by atoms with E-state index in [4.69, 9.17) is 16.9 Å². The highest BCUT2D eigenvalue weighted by Crippen LogP contribution is 2.31. The molecule has 0 aliphatic rings. The van der Waals surface area contributed by atoms with Gasteiger partial charge in [-0.15, -0.1) is 0 Å². The molecule has 0 spiro atoms. The molecule has 2 aromatic carbocycles. The van der Waals surface area contributed by atoms with Crippen LogP contribution in [0.15, 0.2) is 40.9 Å². The molecule has 0 fully saturated rings. The van der Waals surface area contributed by atoms with Crippen molar-refractivity contribution < 1.29 is 0 Å². The zero-order chi connectivity index (χ0) is 14.1. The molecule has 0 saturated carbocycles. The first-order valence-corrected chi connectivity index (χ1v) is 7.67. The highest BCUT2D eigenvalue weighted by molar-refractivity contribution is 9.10. The summed E-state index contributed by atoms with van der Waals surface area (Å²) in [5, 5.41) is 13.8. The quantitative estimate of drug-likeness (QED) is 0.669. The number of nitriles is 1. The van der Waals surface area contributed by atoms with Gasteiger partial charge >= 0.3 is 0 Å². The fourth-order valence-electron chi connectivity index (χ4n) is 1.79. The smallest absolute Gasteiger partial charge is 0.188 e. The van der Waals surface area contributed by atoms with Crippen molar-refractivity contribution in [2.24, 2.45) is 0 Å². The molecule has 98 valence electrons. The Balaban J connectivity index is 1.99. The maximum absolute atomic E-state index is 9.15. The third-order valence-electron chi connectivity index (χ3n) is 2.69. The summed E-state index contributed by atoms with van der Waals surface area (Å²) >= 11 is 10.8. The van der Waals surface area contributed by atoms with Crippen LogP contribution in [0.2, 0.25) is 5.02 Å². The van der Waals surface area contributed by atoms with Gasteiger partial charge in [0, 0.05) is 9.50 Å². The van der Waals surface area contributed by atoms with Crippen LogP contribution < -0.4 is 5.32 Å². The van der Waals surface area contributed by atoms with Crippen LogP contribution >= 0.6 is 38.9 Å². The highest BCUT2D eigenvalue weighted by Gasteiger charge is 2.08. The van der Waals surface area contributed by atoms with Crippen LogP contribution in [0.5, 0.6) is 0 Å². The molecular weight excluding hydrogens is 358 g/mol. The van der Waals surface area contributed by atoms with Gasteiger partial charge in [-0.1, -0.05) is 38.9 Å². The number of nitrogens with one attached hydrogen (secondary N) is 1. The van der Waals surface area contributed by atoms with E-state index in [9.17, 15) is 0 Å². The molecule has 0 amide bonds. The van der Waals surface area contributed by atoms with E-state index in [1.807, 2.05) is 30.3 Å². The lowest BCUT2D eigenvalue weighted by atomic mass is 10.2. The van der Waals surface area contributed by atoms with E-state index < -0.39 is 0 Å². The molecule has 1 aromatic heterocycles. The van der Waals surface area contributed by atoms with E-state index in [0.717, 1.165) is 25.5 Å². The molecule has 3 rings (SSSR count). The fourth-order valence-corrected chi connectivity index (χ4v) is 3.30. The van der Waals surface area contributed by atoms with Gasteiger partial charge in [-0.25, -0.2) is 4.98 Å². The van der Waals surface area contributed by atoms with Crippen LogP contribution in [0.25, 0.3) is 10.2 Å². The Kier molecular flexibility index (Phi) is 3.62. The number of anilines is 2. The molecule has 0 bridgehead atoms. The summed E-state index contributed by atoms with van der Waals surface area (Å²) in [7, 11) is 0. The summed E-state index contributed by atoms with van der Waals surface area (Å²) in [5.74, 6) is 0. The average molecular weight is 365 g/mol. The third-order valence-corrected chi connectivity index (χ3v) is 4.36. The number of benzene rings is 2. The fraction of sp³-hybridized carbons (Fsp3) is 0. The first-order valence-electron chi connectivity index (χ1n) is 5.68. The van der Waals surface area contributed by atoms with Crippen LogP contribution in [0.3, 0.4) is 0 Å². The largest absolute Gasteiger partial charge is 0.330 e. The molecule has 3 aromatic rings. The van der Waals surface area contributed by atoms with E-state index in [-0.39, 0.29) is 0 Å². The molecule has 0 radical (unpaired) electrons. The zero-order valence-corrected chi connectivity index (χ0v) is 13.2. The van der Waals surface area contributed by atoms with Crippen LogP contribution in [-0.2, 0) is 0 Å². The minimum absolute atomic E-state index is 0.566. The summed E-state index contributed by atoms with van der Waals surface area (Å²) < 4.78 is 1.88. The Morgan fingerprint density at radius 2 is 2.10 bits per heavy atom. The highest BCUT2D eigenvalue weighted by atomic mass is 79.9. The Hall–Kier alpha value is -1.61. The minimum atomic E-state index is 0.566. The van der Waals surface area contributed by atoms with Crippen molar-refractivity contribution in [3.8, 4) is 6.07 Å². The van der Waals surface area contributed by atoms with Crippen molar-refractivity contribution in [2.75, 3.05) is 5.32 Å². The lowest BCUT2D eigenvalue weighted by molar-refractivity contribution is 1.41. The van der Waals surface area contributed by atoms with E-state index >= 15 is 0 Å². The molecule has 0 unspecified atom stereocenters. The van der Waals surface area contributed by atoms with Gasteiger partial charge in [-0.3, -0.25) is 0 Å². The van der Waals surface area contributed by atoms with Crippen LogP contribution in [0.4, 0.5) is 10.8 Å². The van der Waals surface area contributed by atoms with Gasteiger partial charge in [0.2, 0.25) is 0 Å². The van der Waals surface area contributed by atoms with Crippen molar-refractivity contribution in [1.82, 2.24) is 4.98 Å². The van der Waals surface area contributed by atoms with E-state index in [0.29, 0.717) is 10.6 Å². The van der Waals surface area contributed by atoms with E-state index in [1.54, 1.807) is 6.07 Å². The van der Waals surface area contributed by atoms with Crippen molar-refractivity contribution >= 4 is 59.9 Å². The monoisotopic (exact) mass is 363 g/mol. The number of rotatable bonds is 2. The molecule has 1 N–H and O–H groups in total. The van der Waals surface area contributed by atoms with Crippen LogP contribution in [-0.4, -0.2) is 4.98 Å². The number of thiazole rings is 1. The molecule has 0 aliphatic carbocycles. The number of hydrogen-bond acceptors (Lipinski definition) is 4. The predicted molar refractivity (Wildman–Crippen MR) is 86.8 cm³/mol. The number of nitrogens with zero attached hydrogens (tertiary/aromatic N) is 2. The normalized spacial score (nSPS) is 10.4.